The zero-order chi connectivity index (χ0) is 7.98. The van der Waals surface area contributed by atoms with Gasteiger partial charge in [-0.1, -0.05) is 0 Å². The standard InChI is InChI=1S/C6H10O4.Na.H/c1-3-9-5(7)6(8)10-4-2;;/h3-4H2,1-2H3;;. The van der Waals surface area contributed by atoms with E-state index in [4.69, 9.17) is 0 Å². The molecular formula is C6H11NaO4. The van der Waals surface area contributed by atoms with Crippen LogP contribution in [0.4, 0.5) is 0 Å². The molecule has 5 heteroatoms. The SMILES string of the molecule is CCOC(=O)C(=O)OCC.[NaH]. The molecule has 0 saturated heterocycles. The molecule has 0 aliphatic heterocycles. The summed E-state index contributed by atoms with van der Waals surface area (Å²) in [6.45, 7) is 3.63. The average molecular weight is 170 g/mol. The molecule has 0 saturated carbocycles. The van der Waals surface area contributed by atoms with Crippen LogP contribution in [0.3, 0.4) is 0 Å². The summed E-state index contributed by atoms with van der Waals surface area (Å²) in [6.07, 6.45) is 0. The molecule has 60 valence electrons. The van der Waals surface area contributed by atoms with Gasteiger partial charge in [0.25, 0.3) is 0 Å². The molecule has 4 nitrogen and oxygen atoms in total. The van der Waals surface area contributed by atoms with E-state index in [0.717, 1.165) is 0 Å². The maximum absolute atomic E-state index is 10.4. The second-order valence-electron chi connectivity index (χ2n) is 1.44. The van der Waals surface area contributed by atoms with Gasteiger partial charge in [-0.25, -0.2) is 9.59 Å². The molecule has 0 rings (SSSR count). The third-order valence-electron chi connectivity index (χ3n) is 0.718. The number of ether oxygens (including phenoxy) is 2. The monoisotopic (exact) mass is 170 g/mol. The first-order valence-corrected chi connectivity index (χ1v) is 3.06. The van der Waals surface area contributed by atoms with Crippen LogP contribution in [0.2, 0.25) is 0 Å². The molecule has 0 unspecified atom stereocenters. The van der Waals surface area contributed by atoms with E-state index in [9.17, 15) is 9.59 Å². The summed E-state index contributed by atoms with van der Waals surface area (Å²) in [5.41, 5.74) is 0. The van der Waals surface area contributed by atoms with Crippen molar-refractivity contribution < 1.29 is 19.1 Å². The van der Waals surface area contributed by atoms with Gasteiger partial charge in [-0.15, -0.1) is 0 Å². The van der Waals surface area contributed by atoms with Crippen LogP contribution in [0, 0.1) is 0 Å². The summed E-state index contributed by atoms with van der Waals surface area (Å²) in [5, 5.41) is 0. The Hall–Kier alpha value is -0.0600. The van der Waals surface area contributed by atoms with E-state index >= 15 is 0 Å². The molecule has 0 radical (unpaired) electrons. The van der Waals surface area contributed by atoms with Gasteiger partial charge in [-0.3, -0.25) is 0 Å². The van der Waals surface area contributed by atoms with Gasteiger partial charge in [0.1, 0.15) is 0 Å². The van der Waals surface area contributed by atoms with Crippen molar-refractivity contribution in [3.63, 3.8) is 0 Å². The molecule has 0 spiro atoms. The van der Waals surface area contributed by atoms with Crippen molar-refractivity contribution in [2.75, 3.05) is 13.2 Å². The summed E-state index contributed by atoms with van der Waals surface area (Å²) in [6, 6.07) is 0. The summed E-state index contributed by atoms with van der Waals surface area (Å²) in [7, 11) is 0. The van der Waals surface area contributed by atoms with Crippen molar-refractivity contribution in [3.8, 4) is 0 Å². The Kier molecular flexibility index (Phi) is 9.89. The molecule has 0 aliphatic carbocycles. The fourth-order valence-corrected chi connectivity index (χ4v) is 0.380. The van der Waals surface area contributed by atoms with Crippen LogP contribution >= 0.6 is 0 Å². The summed E-state index contributed by atoms with van der Waals surface area (Å²) < 4.78 is 8.69. The summed E-state index contributed by atoms with van der Waals surface area (Å²) in [4.78, 5) is 20.9. The first-order chi connectivity index (χ1) is 4.72. The van der Waals surface area contributed by atoms with Gasteiger partial charge in [0.2, 0.25) is 0 Å². The number of carbonyl (C=O) groups excluding carboxylic acids is 2. The normalized spacial score (nSPS) is 7.82. The molecule has 0 fully saturated rings. The number of hydrogen-bond acceptors (Lipinski definition) is 4. The van der Waals surface area contributed by atoms with E-state index in [-0.39, 0.29) is 42.8 Å². The molecule has 0 aromatic carbocycles. The Morgan fingerprint density at radius 3 is 1.45 bits per heavy atom. The van der Waals surface area contributed by atoms with Gasteiger partial charge in [0, 0.05) is 0 Å². The van der Waals surface area contributed by atoms with Gasteiger partial charge < -0.3 is 9.47 Å². The minimum atomic E-state index is -0.927. The topological polar surface area (TPSA) is 52.6 Å². The van der Waals surface area contributed by atoms with Gasteiger partial charge in [0.15, 0.2) is 0 Å². The van der Waals surface area contributed by atoms with Crippen molar-refractivity contribution in [1.29, 1.82) is 0 Å². The molecule has 11 heavy (non-hydrogen) atoms. The maximum atomic E-state index is 10.4. The molecular weight excluding hydrogens is 159 g/mol. The van der Waals surface area contributed by atoms with Crippen LogP contribution in [-0.4, -0.2) is 54.7 Å². The van der Waals surface area contributed by atoms with Gasteiger partial charge >= 0.3 is 41.5 Å². The minimum absolute atomic E-state index is 0. The Bertz CT molecular complexity index is 119. The molecule has 0 atom stereocenters. The second-order valence-corrected chi connectivity index (χ2v) is 1.44. The van der Waals surface area contributed by atoms with Crippen LogP contribution in [0.15, 0.2) is 0 Å². The predicted molar refractivity (Wildman–Crippen MR) is 40.4 cm³/mol. The molecule has 0 amide bonds. The molecule has 0 bridgehead atoms. The van der Waals surface area contributed by atoms with E-state index in [2.05, 4.69) is 9.47 Å². The second kappa shape index (κ2) is 8.04. The summed E-state index contributed by atoms with van der Waals surface area (Å²) >= 11 is 0. The molecule has 0 aromatic rings. The first-order valence-electron chi connectivity index (χ1n) is 3.06. The van der Waals surface area contributed by atoms with Gasteiger partial charge in [-0.05, 0) is 13.8 Å². The van der Waals surface area contributed by atoms with E-state index in [1.54, 1.807) is 13.8 Å². The quantitative estimate of drug-likeness (QED) is 0.317. The fourth-order valence-electron chi connectivity index (χ4n) is 0.380. The van der Waals surface area contributed by atoms with Gasteiger partial charge in [0.05, 0.1) is 13.2 Å². The molecule has 0 heterocycles. The van der Waals surface area contributed by atoms with E-state index in [1.165, 1.54) is 0 Å². The predicted octanol–water partition coefficient (Wildman–Crippen LogP) is -0.536. The average Bonchev–Trinajstić information content (AvgIpc) is 1.89. The van der Waals surface area contributed by atoms with E-state index < -0.39 is 11.9 Å². The Labute approximate surface area is 87.5 Å². The van der Waals surface area contributed by atoms with Crippen LogP contribution in [0.5, 0.6) is 0 Å². The zero-order valence-electron chi connectivity index (χ0n) is 6.05. The van der Waals surface area contributed by atoms with Crippen molar-refractivity contribution >= 4 is 41.5 Å². The van der Waals surface area contributed by atoms with Crippen molar-refractivity contribution in [1.82, 2.24) is 0 Å². The van der Waals surface area contributed by atoms with Crippen LogP contribution in [-0.2, 0) is 19.1 Å². The number of hydrogen-bond donors (Lipinski definition) is 0. The number of esters is 2. The van der Waals surface area contributed by atoms with E-state index in [0.29, 0.717) is 0 Å². The van der Waals surface area contributed by atoms with E-state index in [1.807, 2.05) is 0 Å². The third kappa shape index (κ3) is 6.34. The van der Waals surface area contributed by atoms with Gasteiger partial charge in [-0.2, -0.15) is 0 Å². The number of rotatable bonds is 2. The van der Waals surface area contributed by atoms with Crippen LogP contribution < -0.4 is 0 Å². The Morgan fingerprint density at radius 2 is 1.27 bits per heavy atom. The number of carbonyl (C=O) groups is 2. The molecule has 0 aromatic heterocycles. The fraction of sp³-hybridized carbons (Fsp3) is 0.667. The zero-order valence-corrected chi connectivity index (χ0v) is 6.05. The van der Waals surface area contributed by atoms with Crippen molar-refractivity contribution in [2.45, 2.75) is 13.8 Å². The third-order valence-corrected chi connectivity index (χ3v) is 0.718. The first kappa shape index (κ1) is 13.5. The summed E-state index contributed by atoms with van der Waals surface area (Å²) in [5.74, 6) is -1.85. The molecule has 0 aliphatic rings. The van der Waals surface area contributed by atoms with Crippen molar-refractivity contribution in [2.24, 2.45) is 0 Å². The van der Waals surface area contributed by atoms with Crippen LogP contribution in [0.1, 0.15) is 13.8 Å². The Balaban J connectivity index is 0. The van der Waals surface area contributed by atoms with Crippen molar-refractivity contribution in [3.05, 3.63) is 0 Å². The van der Waals surface area contributed by atoms with Crippen LogP contribution in [0.25, 0.3) is 0 Å². The Morgan fingerprint density at radius 1 is 1.00 bits per heavy atom. The molecule has 0 N–H and O–H groups in total.